The molecule has 0 fully saturated rings. The van der Waals surface area contributed by atoms with Crippen LogP contribution in [0.4, 0.5) is 23.2 Å². The van der Waals surface area contributed by atoms with Gasteiger partial charge >= 0.3 is 6.18 Å². The third-order valence-electron chi connectivity index (χ3n) is 4.41. The van der Waals surface area contributed by atoms with E-state index in [0.29, 0.717) is 6.42 Å². The fourth-order valence-corrected chi connectivity index (χ4v) is 3.41. The zero-order chi connectivity index (χ0) is 26.2. The minimum Gasteiger partial charge on any atom is -0.477 e. The number of pyridine rings is 1. The van der Waals surface area contributed by atoms with Gasteiger partial charge in [-0.3, -0.25) is 9.52 Å². The molecule has 0 aliphatic rings. The molecule has 1 amide bonds. The molecule has 0 radical (unpaired) electrons. The second-order valence-corrected chi connectivity index (χ2v) is 9.10. The molecule has 2 N–H and O–H groups in total. The molecule has 0 saturated heterocycles. The molecule has 1 aromatic carbocycles. The van der Waals surface area contributed by atoms with Crippen LogP contribution in [0.5, 0.6) is 5.88 Å². The minimum absolute atomic E-state index is 0.0556. The van der Waals surface area contributed by atoms with Crippen LogP contribution >= 0.6 is 0 Å². The van der Waals surface area contributed by atoms with Gasteiger partial charge in [-0.25, -0.2) is 17.8 Å². The van der Waals surface area contributed by atoms with E-state index in [0.717, 1.165) is 43.0 Å². The van der Waals surface area contributed by atoms with Crippen molar-refractivity contribution in [3.05, 3.63) is 58.5 Å². The van der Waals surface area contributed by atoms with Gasteiger partial charge in [0.25, 0.3) is 0 Å². The van der Waals surface area contributed by atoms with Crippen LogP contribution in [0.2, 0.25) is 0 Å². The van der Waals surface area contributed by atoms with E-state index in [4.69, 9.17) is 11.2 Å². The lowest BCUT2D eigenvalue weighted by Gasteiger charge is -2.14. The number of nitrogens with zero attached hydrogens (tertiary/aromatic N) is 1. The van der Waals surface area contributed by atoms with Crippen molar-refractivity contribution in [2.45, 2.75) is 32.5 Å². The van der Waals surface area contributed by atoms with Gasteiger partial charge in [-0.05, 0) is 42.3 Å². The number of unbranched alkanes of at least 4 members (excludes halogenated alkanes) is 1. The second-order valence-electron chi connectivity index (χ2n) is 7.35. The number of halogens is 4. The summed E-state index contributed by atoms with van der Waals surface area (Å²) in [5, 5.41) is 2.44. The van der Waals surface area contributed by atoms with Crippen LogP contribution in [0.1, 0.15) is 42.1 Å². The number of sulfonamides is 1. The standard InChI is InChI=1S/C23H23F4N3O4S/c1-4-6-11-34-22-16(7-9-19(29-22)23(25,26)27)8-10-20(31)28-14-17-13-18(24)12-15(5-2)21(17)30-35(3,32)33/h2,7-10,12-13,30H,4,6,11,14H2,1,3H3,(H,28,31). The number of hydrogen-bond acceptors (Lipinski definition) is 5. The second kappa shape index (κ2) is 11.7. The lowest BCUT2D eigenvalue weighted by Crippen LogP contribution is -2.22. The summed E-state index contributed by atoms with van der Waals surface area (Å²) in [7, 11) is -3.75. The molecule has 35 heavy (non-hydrogen) atoms. The van der Waals surface area contributed by atoms with Crippen LogP contribution in [0, 0.1) is 18.2 Å². The summed E-state index contributed by atoms with van der Waals surface area (Å²) < 4.78 is 83.8. The summed E-state index contributed by atoms with van der Waals surface area (Å²) in [6.45, 7) is 1.74. The Labute approximate surface area is 200 Å². The van der Waals surface area contributed by atoms with E-state index in [-0.39, 0.29) is 41.4 Å². The third-order valence-corrected chi connectivity index (χ3v) is 4.99. The summed E-state index contributed by atoms with van der Waals surface area (Å²) in [6, 6.07) is 3.87. The van der Waals surface area contributed by atoms with Crippen LogP contribution in [0.3, 0.4) is 0 Å². The van der Waals surface area contributed by atoms with Crippen molar-refractivity contribution < 1.29 is 35.5 Å². The first-order valence-electron chi connectivity index (χ1n) is 10.3. The zero-order valence-electron chi connectivity index (χ0n) is 18.9. The number of ether oxygens (including phenoxy) is 1. The highest BCUT2D eigenvalue weighted by Crippen LogP contribution is 2.31. The smallest absolute Gasteiger partial charge is 0.433 e. The van der Waals surface area contributed by atoms with Gasteiger partial charge in [0, 0.05) is 18.2 Å². The molecule has 0 bridgehead atoms. The van der Waals surface area contributed by atoms with E-state index in [9.17, 15) is 30.8 Å². The van der Waals surface area contributed by atoms with Gasteiger partial charge in [-0.2, -0.15) is 13.2 Å². The lowest BCUT2D eigenvalue weighted by molar-refractivity contribution is -0.141. The highest BCUT2D eigenvalue weighted by molar-refractivity contribution is 7.92. The van der Waals surface area contributed by atoms with Gasteiger partial charge in [-0.15, -0.1) is 6.42 Å². The Morgan fingerprint density at radius 2 is 2.00 bits per heavy atom. The summed E-state index contributed by atoms with van der Waals surface area (Å²) in [5.74, 6) is 0.476. The topological polar surface area (TPSA) is 97.4 Å². The molecule has 0 aliphatic carbocycles. The number of hydrogen-bond donors (Lipinski definition) is 2. The Kier molecular flexibility index (Phi) is 9.25. The van der Waals surface area contributed by atoms with E-state index in [1.54, 1.807) is 0 Å². The summed E-state index contributed by atoms with van der Waals surface area (Å²) in [5.41, 5.74) is -1.03. The van der Waals surface area contributed by atoms with Crippen molar-refractivity contribution in [3.63, 3.8) is 0 Å². The molecule has 7 nitrogen and oxygen atoms in total. The average molecular weight is 514 g/mol. The number of aromatic nitrogens is 1. The van der Waals surface area contributed by atoms with E-state index in [1.807, 2.05) is 6.92 Å². The Morgan fingerprint density at radius 3 is 2.60 bits per heavy atom. The SMILES string of the molecule is C#Cc1cc(F)cc(CNC(=O)C=Cc2ccc(C(F)(F)F)nc2OCCCC)c1NS(C)(=O)=O. The van der Waals surface area contributed by atoms with Crippen LogP contribution in [0.25, 0.3) is 6.08 Å². The van der Waals surface area contributed by atoms with E-state index in [2.05, 4.69) is 20.9 Å². The third kappa shape index (κ3) is 8.60. The zero-order valence-corrected chi connectivity index (χ0v) is 19.7. The van der Waals surface area contributed by atoms with Crippen LogP contribution in [-0.2, 0) is 27.5 Å². The molecule has 0 aliphatic heterocycles. The Morgan fingerprint density at radius 1 is 1.29 bits per heavy atom. The first-order chi connectivity index (χ1) is 16.3. The Balaban J connectivity index is 2.23. The predicted octanol–water partition coefficient (Wildman–Crippen LogP) is 4.10. The molecule has 0 unspecified atom stereocenters. The van der Waals surface area contributed by atoms with Crippen LogP contribution in [-0.4, -0.2) is 32.2 Å². The molecule has 1 aromatic heterocycles. The van der Waals surface area contributed by atoms with Crippen molar-refractivity contribution >= 4 is 27.7 Å². The van der Waals surface area contributed by atoms with Gasteiger partial charge in [0.15, 0.2) is 0 Å². The van der Waals surface area contributed by atoms with Crippen molar-refractivity contribution in [2.75, 3.05) is 17.6 Å². The van der Waals surface area contributed by atoms with Crippen molar-refractivity contribution in [1.29, 1.82) is 0 Å². The number of benzene rings is 1. The van der Waals surface area contributed by atoms with Crippen molar-refractivity contribution in [3.8, 4) is 18.2 Å². The first-order valence-corrected chi connectivity index (χ1v) is 12.2. The monoisotopic (exact) mass is 513 g/mol. The minimum atomic E-state index is -4.66. The molecular weight excluding hydrogens is 490 g/mol. The van der Waals surface area contributed by atoms with E-state index >= 15 is 0 Å². The number of carbonyl (C=O) groups excluding carboxylic acids is 1. The van der Waals surface area contributed by atoms with E-state index in [1.165, 1.54) is 6.08 Å². The summed E-state index contributed by atoms with van der Waals surface area (Å²) in [4.78, 5) is 15.8. The molecule has 0 saturated carbocycles. The number of amides is 1. The number of carbonyl (C=O) groups is 1. The Hall–Kier alpha value is -3.59. The molecule has 0 atom stereocenters. The molecular formula is C23H23F4N3O4S. The first kappa shape index (κ1) is 27.7. The van der Waals surface area contributed by atoms with Crippen molar-refractivity contribution in [2.24, 2.45) is 0 Å². The Bertz CT molecular complexity index is 1250. The number of anilines is 1. The fraction of sp³-hybridized carbons (Fsp3) is 0.304. The highest BCUT2D eigenvalue weighted by atomic mass is 32.2. The molecule has 2 rings (SSSR count). The lowest BCUT2D eigenvalue weighted by atomic mass is 10.1. The van der Waals surface area contributed by atoms with Gasteiger partial charge < -0.3 is 10.1 Å². The molecule has 0 spiro atoms. The number of alkyl halides is 3. The number of nitrogens with one attached hydrogen (secondary N) is 2. The van der Waals surface area contributed by atoms with Gasteiger partial charge in [0.05, 0.1) is 24.1 Å². The quantitative estimate of drug-likeness (QED) is 0.216. The maximum absolute atomic E-state index is 13.9. The van der Waals surface area contributed by atoms with Gasteiger partial charge in [0.1, 0.15) is 11.5 Å². The van der Waals surface area contributed by atoms with E-state index < -0.39 is 33.6 Å². The molecule has 1 heterocycles. The summed E-state index contributed by atoms with van der Waals surface area (Å²) in [6.07, 6.45) is 5.16. The number of terminal acetylenes is 1. The normalized spacial score (nSPS) is 11.8. The maximum atomic E-state index is 13.9. The summed E-state index contributed by atoms with van der Waals surface area (Å²) >= 11 is 0. The van der Waals surface area contributed by atoms with Crippen molar-refractivity contribution in [1.82, 2.24) is 10.3 Å². The fourth-order valence-electron chi connectivity index (χ4n) is 2.79. The van der Waals surface area contributed by atoms with Crippen LogP contribution < -0.4 is 14.8 Å². The average Bonchev–Trinajstić information content (AvgIpc) is 2.76. The highest BCUT2D eigenvalue weighted by Gasteiger charge is 2.33. The van der Waals surface area contributed by atoms with Gasteiger partial charge in [-0.1, -0.05) is 19.3 Å². The van der Waals surface area contributed by atoms with Gasteiger partial charge in [0.2, 0.25) is 21.8 Å². The largest absolute Gasteiger partial charge is 0.477 e. The predicted molar refractivity (Wildman–Crippen MR) is 123 cm³/mol. The molecule has 2 aromatic rings. The van der Waals surface area contributed by atoms with Crippen LogP contribution in [0.15, 0.2) is 30.3 Å². The molecule has 188 valence electrons. The number of rotatable bonds is 10. The molecule has 12 heteroatoms. The maximum Gasteiger partial charge on any atom is 0.433 e.